The fourth-order valence-electron chi connectivity index (χ4n) is 3.35. The fraction of sp³-hybridized carbons (Fsp3) is 0.722. The van der Waals surface area contributed by atoms with Crippen LogP contribution in [0.1, 0.15) is 44.4 Å². The van der Waals surface area contributed by atoms with E-state index in [9.17, 15) is 4.79 Å². The van der Waals surface area contributed by atoms with E-state index in [1.165, 1.54) is 0 Å². The molecule has 0 aliphatic carbocycles. The molecular formula is C18H28N4O3. The monoisotopic (exact) mass is 348 g/mol. The maximum Gasteiger partial charge on any atom is 0.225 e. The number of hydrogen-bond acceptors (Lipinski definition) is 6. The summed E-state index contributed by atoms with van der Waals surface area (Å²) < 4.78 is 11.7. The molecule has 2 aliphatic heterocycles. The molecule has 1 amide bonds. The number of ether oxygens (including phenoxy) is 2. The van der Waals surface area contributed by atoms with Crippen molar-refractivity contribution in [3.63, 3.8) is 0 Å². The number of rotatable bonds is 5. The lowest BCUT2D eigenvalue weighted by Gasteiger charge is -2.33. The molecule has 3 atom stereocenters. The number of nitrogens with zero attached hydrogens (tertiary/aromatic N) is 4. The molecule has 1 aromatic heterocycles. The van der Waals surface area contributed by atoms with Gasteiger partial charge in [0, 0.05) is 33.3 Å². The van der Waals surface area contributed by atoms with E-state index in [-0.39, 0.29) is 18.1 Å². The average Bonchev–Trinajstić information content (AvgIpc) is 3.05. The van der Waals surface area contributed by atoms with Gasteiger partial charge in [0.1, 0.15) is 6.10 Å². The minimum atomic E-state index is -0.192. The summed E-state index contributed by atoms with van der Waals surface area (Å²) in [5.41, 5.74) is 0.823. The van der Waals surface area contributed by atoms with Crippen molar-refractivity contribution >= 4 is 11.9 Å². The number of aromatic nitrogens is 2. The highest BCUT2D eigenvalue weighted by Crippen LogP contribution is 2.25. The number of anilines is 1. The lowest BCUT2D eigenvalue weighted by molar-refractivity contribution is -0.139. The molecule has 2 saturated heterocycles. The highest BCUT2D eigenvalue weighted by atomic mass is 16.5. The second kappa shape index (κ2) is 8.10. The van der Waals surface area contributed by atoms with E-state index in [0.29, 0.717) is 38.2 Å². The molecule has 0 radical (unpaired) electrons. The van der Waals surface area contributed by atoms with Gasteiger partial charge >= 0.3 is 0 Å². The van der Waals surface area contributed by atoms with Gasteiger partial charge in [0.2, 0.25) is 11.9 Å². The lowest BCUT2D eigenvalue weighted by Crippen LogP contribution is -2.42. The fourth-order valence-corrected chi connectivity index (χ4v) is 3.35. The van der Waals surface area contributed by atoms with Crippen LogP contribution in [-0.4, -0.2) is 66.8 Å². The molecule has 7 nitrogen and oxygen atoms in total. The topological polar surface area (TPSA) is 67.8 Å². The van der Waals surface area contributed by atoms with Crippen molar-refractivity contribution < 1.29 is 14.3 Å². The maximum absolute atomic E-state index is 12.6. The van der Waals surface area contributed by atoms with E-state index < -0.39 is 0 Å². The van der Waals surface area contributed by atoms with E-state index in [1.807, 2.05) is 30.0 Å². The minimum absolute atomic E-state index is 0.179. The van der Waals surface area contributed by atoms with Crippen molar-refractivity contribution in [3.8, 4) is 0 Å². The van der Waals surface area contributed by atoms with Crippen LogP contribution in [0.25, 0.3) is 0 Å². The molecule has 0 bridgehead atoms. The largest absolute Gasteiger partial charge is 0.375 e. The summed E-state index contributed by atoms with van der Waals surface area (Å²) in [6, 6.07) is 1.86. The maximum atomic E-state index is 12.6. The smallest absolute Gasteiger partial charge is 0.225 e. The molecule has 138 valence electrons. The predicted octanol–water partition coefficient (Wildman–Crippen LogP) is 1.79. The number of amides is 1. The van der Waals surface area contributed by atoms with E-state index in [0.717, 1.165) is 25.0 Å². The second-order valence-corrected chi connectivity index (χ2v) is 7.06. The SMILES string of the molecule is CC1CCC(CCC(=O)N2CCOC(c3ccnc(N(C)C)n3)C2)O1. The Morgan fingerprint density at radius 2 is 2.24 bits per heavy atom. The van der Waals surface area contributed by atoms with Crippen LogP contribution < -0.4 is 4.90 Å². The third kappa shape index (κ3) is 4.67. The van der Waals surface area contributed by atoms with Crippen LogP contribution in [0.2, 0.25) is 0 Å². The van der Waals surface area contributed by atoms with Gasteiger partial charge < -0.3 is 19.3 Å². The Kier molecular flexibility index (Phi) is 5.86. The molecule has 0 aromatic carbocycles. The molecule has 0 N–H and O–H groups in total. The highest BCUT2D eigenvalue weighted by Gasteiger charge is 2.28. The Labute approximate surface area is 149 Å². The Balaban J connectivity index is 1.55. The molecule has 3 rings (SSSR count). The van der Waals surface area contributed by atoms with Crippen LogP contribution in [0.5, 0.6) is 0 Å². The van der Waals surface area contributed by atoms with E-state index in [2.05, 4.69) is 16.9 Å². The first-order chi connectivity index (χ1) is 12.0. The summed E-state index contributed by atoms with van der Waals surface area (Å²) >= 11 is 0. The molecular weight excluding hydrogens is 320 g/mol. The van der Waals surface area contributed by atoms with Crippen molar-refractivity contribution in [2.75, 3.05) is 38.7 Å². The zero-order valence-electron chi connectivity index (χ0n) is 15.4. The van der Waals surface area contributed by atoms with Crippen molar-refractivity contribution in [2.24, 2.45) is 0 Å². The third-order valence-corrected chi connectivity index (χ3v) is 4.81. The minimum Gasteiger partial charge on any atom is -0.375 e. The number of carbonyl (C=O) groups is 1. The predicted molar refractivity (Wildman–Crippen MR) is 94.4 cm³/mol. The summed E-state index contributed by atoms with van der Waals surface area (Å²) in [6.07, 6.45) is 5.62. The number of carbonyl (C=O) groups excluding carboxylic acids is 1. The van der Waals surface area contributed by atoms with Gasteiger partial charge in [-0.15, -0.1) is 0 Å². The summed E-state index contributed by atoms with van der Waals surface area (Å²) in [5.74, 6) is 0.829. The summed E-state index contributed by atoms with van der Waals surface area (Å²) in [4.78, 5) is 25.1. The van der Waals surface area contributed by atoms with Crippen LogP contribution in [0, 0.1) is 0 Å². The number of morpholine rings is 1. The van der Waals surface area contributed by atoms with Gasteiger partial charge in [-0.3, -0.25) is 4.79 Å². The van der Waals surface area contributed by atoms with E-state index in [1.54, 1.807) is 6.20 Å². The van der Waals surface area contributed by atoms with Crippen molar-refractivity contribution in [3.05, 3.63) is 18.0 Å². The lowest BCUT2D eigenvalue weighted by atomic mass is 10.1. The van der Waals surface area contributed by atoms with Crippen LogP contribution in [0.4, 0.5) is 5.95 Å². The van der Waals surface area contributed by atoms with Gasteiger partial charge in [0.05, 0.1) is 31.1 Å². The van der Waals surface area contributed by atoms with Gasteiger partial charge in [0.15, 0.2) is 0 Å². The van der Waals surface area contributed by atoms with Gasteiger partial charge in [-0.1, -0.05) is 0 Å². The molecule has 7 heteroatoms. The Bertz CT molecular complexity index is 595. The third-order valence-electron chi connectivity index (χ3n) is 4.81. The normalized spacial score (nSPS) is 26.7. The van der Waals surface area contributed by atoms with Crippen LogP contribution in [0.15, 0.2) is 12.3 Å². The van der Waals surface area contributed by atoms with Gasteiger partial charge in [-0.05, 0) is 32.3 Å². The van der Waals surface area contributed by atoms with Crippen LogP contribution in [-0.2, 0) is 14.3 Å². The van der Waals surface area contributed by atoms with Gasteiger partial charge in [-0.2, -0.15) is 0 Å². The van der Waals surface area contributed by atoms with E-state index >= 15 is 0 Å². The standard InChI is InChI=1S/C18H28N4O3/c1-13-4-5-14(25-13)6-7-17(23)22-10-11-24-16(12-22)15-8-9-19-18(20-15)21(2)3/h8-9,13-14,16H,4-7,10-12H2,1-3H3. The molecule has 0 saturated carbocycles. The second-order valence-electron chi connectivity index (χ2n) is 7.06. The Hall–Kier alpha value is -1.73. The van der Waals surface area contributed by atoms with Crippen molar-refractivity contribution in [1.29, 1.82) is 0 Å². The number of hydrogen-bond donors (Lipinski definition) is 0. The summed E-state index contributed by atoms with van der Waals surface area (Å²) in [7, 11) is 3.81. The Morgan fingerprint density at radius 1 is 1.40 bits per heavy atom. The highest BCUT2D eigenvalue weighted by molar-refractivity contribution is 5.76. The average molecular weight is 348 g/mol. The molecule has 25 heavy (non-hydrogen) atoms. The molecule has 1 aromatic rings. The molecule has 2 fully saturated rings. The van der Waals surface area contributed by atoms with Crippen LogP contribution >= 0.6 is 0 Å². The zero-order chi connectivity index (χ0) is 17.8. The molecule has 3 heterocycles. The Morgan fingerprint density at radius 3 is 2.96 bits per heavy atom. The first kappa shape index (κ1) is 18.1. The van der Waals surface area contributed by atoms with Gasteiger partial charge in [0.25, 0.3) is 0 Å². The zero-order valence-corrected chi connectivity index (χ0v) is 15.4. The van der Waals surface area contributed by atoms with Crippen molar-refractivity contribution in [2.45, 2.75) is 50.9 Å². The first-order valence-electron chi connectivity index (χ1n) is 9.08. The van der Waals surface area contributed by atoms with Gasteiger partial charge in [-0.25, -0.2) is 9.97 Å². The first-order valence-corrected chi connectivity index (χ1v) is 9.08. The summed E-state index contributed by atoms with van der Waals surface area (Å²) in [5, 5.41) is 0. The molecule has 0 spiro atoms. The van der Waals surface area contributed by atoms with E-state index in [4.69, 9.17) is 9.47 Å². The van der Waals surface area contributed by atoms with Crippen molar-refractivity contribution in [1.82, 2.24) is 14.9 Å². The summed E-state index contributed by atoms with van der Waals surface area (Å²) in [6.45, 7) is 3.82. The molecule has 2 aliphatic rings. The quantitative estimate of drug-likeness (QED) is 0.808. The van der Waals surface area contributed by atoms with Crippen LogP contribution in [0.3, 0.4) is 0 Å². The molecule has 3 unspecified atom stereocenters.